The van der Waals surface area contributed by atoms with Crippen molar-refractivity contribution >= 4 is 15.9 Å². The van der Waals surface area contributed by atoms with Crippen molar-refractivity contribution in [1.82, 2.24) is 5.32 Å². The lowest BCUT2D eigenvalue weighted by atomic mass is 10.0. The summed E-state index contributed by atoms with van der Waals surface area (Å²) in [5, 5.41) is 3.39. The smallest absolute Gasteiger partial charge is 0.169 e. The largest absolute Gasteiger partial charge is 0.453 e. The van der Waals surface area contributed by atoms with Crippen LogP contribution in [0.15, 0.2) is 21.2 Å². The molecule has 1 fully saturated rings. The van der Waals surface area contributed by atoms with Gasteiger partial charge < -0.3 is 14.5 Å². The number of rotatable bonds is 4. The first-order valence-corrected chi connectivity index (χ1v) is 6.11. The van der Waals surface area contributed by atoms with Crippen molar-refractivity contribution in [1.29, 1.82) is 0 Å². The predicted molar refractivity (Wildman–Crippen MR) is 61.6 cm³/mol. The van der Waals surface area contributed by atoms with Gasteiger partial charge in [0.1, 0.15) is 5.76 Å². The fourth-order valence-electron chi connectivity index (χ4n) is 1.87. The number of ether oxygens (including phenoxy) is 1. The SMILES string of the molecule is CC1OCCC1CNCc1ccc(Br)o1. The quantitative estimate of drug-likeness (QED) is 0.916. The molecular weight excluding hydrogens is 258 g/mol. The zero-order valence-electron chi connectivity index (χ0n) is 8.83. The van der Waals surface area contributed by atoms with E-state index < -0.39 is 0 Å². The molecule has 1 aliphatic rings. The highest BCUT2D eigenvalue weighted by Crippen LogP contribution is 2.19. The first kappa shape index (κ1) is 11.2. The molecule has 84 valence electrons. The monoisotopic (exact) mass is 273 g/mol. The van der Waals surface area contributed by atoms with Crippen LogP contribution in [0.4, 0.5) is 0 Å². The lowest BCUT2D eigenvalue weighted by Crippen LogP contribution is -2.26. The standard InChI is InChI=1S/C11H16BrNO2/c1-8-9(4-5-14-8)6-13-7-10-2-3-11(12)15-10/h2-3,8-9,13H,4-7H2,1H3. The molecule has 4 heteroatoms. The highest BCUT2D eigenvalue weighted by Gasteiger charge is 2.23. The van der Waals surface area contributed by atoms with E-state index in [1.54, 1.807) is 0 Å². The minimum Gasteiger partial charge on any atom is -0.453 e. The van der Waals surface area contributed by atoms with Crippen molar-refractivity contribution in [2.24, 2.45) is 5.92 Å². The Morgan fingerprint density at radius 1 is 1.53 bits per heavy atom. The van der Waals surface area contributed by atoms with Gasteiger partial charge in [0.05, 0.1) is 12.6 Å². The molecule has 0 aliphatic carbocycles. The molecule has 1 aliphatic heterocycles. The molecule has 1 aromatic rings. The lowest BCUT2D eigenvalue weighted by Gasteiger charge is -2.13. The highest BCUT2D eigenvalue weighted by molar-refractivity contribution is 9.10. The van der Waals surface area contributed by atoms with Gasteiger partial charge in [0.2, 0.25) is 0 Å². The number of hydrogen-bond acceptors (Lipinski definition) is 3. The molecule has 2 atom stereocenters. The first-order valence-electron chi connectivity index (χ1n) is 5.32. The summed E-state index contributed by atoms with van der Waals surface area (Å²) in [6.07, 6.45) is 1.55. The van der Waals surface area contributed by atoms with Gasteiger partial charge in [-0.3, -0.25) is 0 Å². The minimum atomic E-state index is 0.390. The summed E-state index contributed by atoms with van der Waals surface area (Å²) >= 11 is 3.29. The van der Waals surface area contributed by atoms with Gasteiger partial charge in [0.15, 0.2) is 4.67 Å². The summed E-state index contributed by atoms with van der Waals surface area (Å²) in [5.74, 6) is 1.61. The second kappa shape index (κ2) is 5.14. The molecule has 0 spiro atoms. The van der Waals surface area contributed by atoms with E-state index >= 15 is 0 Å². The maximum absolute atomic E-state index is 5.50. The summed E-state index contributed by atoms with van der Waals surface area (Å²) in [4.78, 5) is 0. The van der Waals surface area contributed by atoms with Crippen LogP contribution >= 0.6 is 15.9 Å². The predicted octanol–water partition coefficient (Wildman–Crippen LogP) is 2.56. The Kier molecular flexibility index (Phi) is 3.83. The van der Waals surface area contributed by atoms with Gasteiger partial charge in [0.25, 0.3) is 0 Å². The maximum atomic E-state index is 5.50. The summed E-state index contributed by atoms with van der Waals surface area (Å²) in [6, 6.07) is 3.89. The van der Waals surface area contributed by atoms with Crippen LogP contribution < -0.4 is 5.32 Å². The molecule has 0 radical (unpaired) electrons. The van der Waals surface area contributed by atoms with E-state index in [4.69, 9.17) is 9.15 Å². The van der Waals surface area contributed by atoms with Gasteiger partial charge in [-0.05, 0) is 47.3 Å². The average molecular weight is 274 g/mol. The molecule has 1 saturated heterocycles. The van der Waals surface area contributed by atoms with Crippen LogP contribution in [0.3, 0.4) is 0 Å². The Bertz CT molecular complexity index is 313. The fraction of sp³-hybridized carbons (Fsp3) is 0.636. The van der Waals surface area contributed by atoms with Gasteiger partial charge in [-0.1, -0.05) is 0 Å². The van der Waals surface area contributed by atoms with E-state index in [0.29, 0.717) is 12.0 Å². The van der Waals surface area contributed by atoms with Gasteiger partial charge in [0, 0.05) is 13.2 Å². The van der Waals surface area contributed by atoms with Gasteiger partial charge >= 0.3 is 0 Å². The van der Waals surface area contributed by atoms with Crippen molar-refractivity contribution in [3.05, 3.63) is 22.6 Å². The topological polar surface area (TPSA) is 34.4 Å². The number of halogens is 1. The zero-order valence-corrected chi connectivity index (χ0v) is 10.4. The third-order valence-electron chi connectivity index (χ3n) is 2.87. The Labute approximate surface area is 98.3 Å². The van der Waals surface area contributed by atoms with Gasteiger partial charge in [-0.25, -0.2) is 0 Å². The molecule has 3 nitrogen and oxygen atoms in total. The van der Waals surface area contributed by atoms with Crippen molar-refractivity contribution < 1.29 is 9.15 Å². The Hall–Kier alpha value is -0.320. The molecule has 0 aromatic carbocycles. The summed E-state index contributed by atoms with van der Waals surface area (Å²) in [6.45, 7) is 4.83. The molecule has 1 aromatic heterocycles. The molecular formula is C11H16BrNO2. The Morgan fingerprint density at radius 2 is 2.40 bits per heavy atom. The number of hydrogen-bond donors (Lipinski definition) is 1. The van der Waals surface area contributed by atoms with Crippen LogP contribution in [0.5, 0.6) is 0 Å². The van der Waals surface area contributed by atoms with Gasteiger partial charge in [-0.2, -0.15) is 0 Å². The zero-order chi connectivity index (χ0) is 10.7. The Balaban J connectivity index is 1.70. The van der Waals surface area contributed by atoms with Crippen LogP contribution in [0.25, 0.3) is 0 Å². The van der Waals surface area contributed by atoms with Crippen LogP contribution in [-0.4, -0.2) is 19.3 Å². The van der Waals surface area contributed by atoms with Crippen molar-refractivity contribution in [2.75, 3.05) is 13.2 Å². The van der Waals surface area contributed by atoms with Crippen LogP contribution in [0, 0.1) is 5.92 Å². The average Bonchev–Trinajstić information content (AvgIpc) is 2.77. The van der Waals surface area contributed by atoms with E-state index in [1.165, 1.54) is 0 Å². The van der Waals surface area contributed by atoms with E-state index in [1.807, 2.05) is 12.1 Å². The molecule has 0 bridgehead atoms. The number of nitrogens with one attached hydrogen (secondary N) is 1. The molecule has 2 unspecified atom stereocenters. The third kappa shape index (κ3) is 3.06. The summed E-state index contributed by atoms with van der Waals surface area (Å²) in [5.41, 5.74) is 0. The van der Waals surface area contributed by atoms with E-state index in [-0.39, 0.29) is 0 Å². The molecule has 1 N–H and O–H groups in total. The van der Waals surface area contributed by atoms with Gasteiger partial charge in [-0.15, -0.1) is 0 Å². The molecule has 2 heterocycles. The first-order chi connectivity index (χ1) is 7.25. The lowest BCUT2D eigenvalue weighted by molar-refractivity contribution is 0.105. The highest BCUT2D eigenvalue weighted by atomic mass is 79.9. The van der Waals surface area contributed by atoms with E-state index in [0.717, 1.165) is 36.5 Å². The molecule has 2 rings (SSSR count). The Morgan fingerprint density at radius 3 is 3.00 bits per heavy atom. The molecule has 0 saturated carbocycles. The van der Waals surface area contributed by atoms with Crippen LogP contribution in [0.2, 0.25) is 0 Å². The molecule has 15 heavy (non-hydrogen) atoms. The molecule has 0 amide bonds. The second-order valence-electron chi connectivity index (χ2n) is 3.96. The van der Waals surface area contributed by atoms with Crippen molar-refractivity contribution in [2.45, 2.75) is 26.0 Å². The number of furan rings is 1. The van der Waals surface area contributed by atoms with Crippen LogP contribution in [-0.2, 0) is 11.3 Å². The van der Waals surface area contributed by atoms with E-state index in [9.17, 15) is 0 Å². The summed E-state index contributed by atoms with van der Waals surface area (Å²) < 4.78 is 11.7. The summed E-state index contributed by atoms with van der Waals surface area (Å²) in [7, 11) is 0. The second-order valence-corrected chi connectivity index (χ2v) is 4.74. The van der Waals surface area contributed by atoms with E-state index in [2.05, 4.69) is 28.2 Å². The fourth-order valence-corrected chi connectivity index (χ4v) is 2.21. The maximum Gasteiger partial charge on any atom is 0.169 e. The van der Waals surface area contributed by atoms with Crippen molar-refractivity contribution in [3.63, 3.8) is 0 Å². The van der Waals surface area contributed by atoms with Crippen molar-refractivity contribution in [3.8, 4) is 0 Å². The van der Waals surface area contributed by atoms with Crippen LogP contribution in [0.1, 0.15) is 19.1 Å². The normalized spacial score (nSPS) is 26.0. The minimum absolute atomic E-state index is 0.390. The third-order valence-corrected chi connectivity index (χ3v) is 3.29.